The fraction of sp³-hybridized carbons (Fsp3) is 0.158. The van der Waals surface area contributed by atoms with Crippen LogP contribution in [-0.4, -0.2) is 52.1 Å². The summed E-state index contributed by atoms with van der Waals surface area (Å²) in [5, 5.41) is 16.1. The number of esters is 2. The van der Waals surface area contributed by atoms with Crippen molar-refractivity contribution in [2.24, 2.45) is 0 Å². The molecule has 3 heterocycles. The summed E-state index contributed by atoms with van der Waals surface area (Å²) in [6, 6.07) is 9.05. The van der Waals surface area contributed by atoms with E-state index >= 15 is 0 Å². The highest BCUT2D eigenvalue weighted by Crippen LogP contribution is 2.37. The normalized spacial score (nSPS) is 15.2. The Morgan fingerprint density at radius 1 is 1.07 bits per heavy atom. The van der Waals surface area contributed by atoms with E-state index < -0.39 is 18.0 Å². The zero-order chi connectivity index (χ0) is 21.3. The summed E-state index contributed by atoms with van der Waals surface area (Å²) < 4.78 is 11.0. The number of fused-ring (bicyclic) bond motifs is 1. The Hall–Kier alpha value is -3.86. The minimum atomic E-state index is -0.813. The smallest absolute Gasteiger partial charge is 0.355 e. The van der Waals surface area contributed by atoms with Gasteiger partial charge in [-0.15, -0.1) is 11.3 Å². The second-order valence-corrected chi connectivity index (χ2v) is 7.12. The molecule has 0 bridgehead atoms. The van der Waals surface area contributed by atoms with E-state index in [-0.39, 0.29) is 23.0 Å². The number of Topliss-reactive ketones (excluding diaryl/α,β-unsaturated/α-hetero) is 1. The fourth-order valence-electron chi connectivity index (χ4n) is 3.16. The summed E-state index contributed by atoms with van der Waals surface area (Å²) in [4.78, 5) is 38.1. The van der Waals surface area contributed by atoms with Gasteiger partial charge in [-0.2, -0.15) is 4.68 Å². The van der Waals surface area contributed by atoms with Crippen LogP contribution in [0.4, 0.5) is 5.95 Å². The first kappa shape index (κ1) is 19.5. The van der Waals surface area contributed by atoms with Gasteiger partial charge in [-0.3, -0.25) is 4.79 Å². The molecule has 1 aliphatic heterocycles. The summed E-state index contributed by atoms with van der Waals surface area (Å²) >= 11 is 1.25. The Balaban J connectivity index is 1.90. The van der Waals surface area contributed by atoms with E-state index in [9.17, 15) is 14.4 Å². The molecule has 0 unspecified atom stereocenters. The van der Waals surface area contributed by atoms with Gasteiger partial charge >= 0.3 is 11.9 Å². The number of hydrogen-bond acceptors (Lipinski definition) is 10. The van der Waals surface area contributed by atoms with Gasteiger partial charge in [-0.05, 0) is 39.6 Å². The zero-order valence-corrected chi connectivity index (χ0v) is 16.7. The van der Waals surface area contributed by atoms with Crippen LogP contribution in [0.5, 0.6) is 0 Å². The lowest BCUT2D eigenvalue weighted by Gasteiger charge is -2.27. The van der Waals surface area contributed by atoms with Crippen molar-refractivity contribution in [2.75, 3.05) is 19.5 Å². The number of carbonyl (C=O) groups is 3. The van der Waals surface area contributed by atoms with Gasteiger partial charge in [0.1, 0.15) is 11.7 Å². The van der Waals surface area contributed by atoms with Gasteiger partial charge in [0, 0.05) is 0 Å². The molecule has 1 aromatic carbocycles. The number of benzene rings is 1. The van der Waals surface area contributed by atoms with Crippen LogP contribution in [0.15, 0.2) is 53.0 Å². The van der Waals surface area contributed by atoms with Crippen molar-refractivity contribution < 1.29 is 23.9 Å². The maximum Gasteiger partial charge on any atom is 0.355 e. The lowest BCUT2D eigenvalue weighted by molar-refractivity contribution is -0.136. The summed E-state index contributed by atoms with van der Waals surface area (Å²) in [5.74, 6) is -1.39. The van der Waals surface area contributed by atoms with Crippen LogP contribution in [0.2, 0.25) is 0 Å². The first-order chi connectivity index (χ1) is 14.5. The van der Waals surface area contributed by atoms with Crippen molar-refractivity contribution in [1.82, 2.24) is 20.2 Å². The number of rotatable bonds is 5. The number of nitrogens with zero attached hydrogens (tertiary/aromatic N) is 4. The Labute approximate surface area is 174 Å². The molecule has 0 fully saturated rings. The number of aromatic nitrogens is 4. The van der Waals surface area contributed by atoms with Crippen molar-refractivity contribution >= 4 is 35.0 Å². The van der Waals surface area contributed by atoms with Crippen LogP contribution in [0, 0.1) is 0 Å². The summed E-state index contributed by atoms with van der Waals surface area (Å²) in [6.45, 7) is 0. The number of ether oxygens (including phenoxy) is 2. The summed E-state index contributed by atoms with van der Waals surface area (Å²) in [7, 11) is 2.52. The third-order valence-electron chi connectivity index (χ3n) is 4.54. The molecule has 3 aromatic rings. The Kier molecular flexibility index (Phi) is 5.11. The predicted molar refractivity (Wildman–Crippen MR) is 105 cm³/mol. The van der Waals surface area contributed by atoms with Crippen molar-refractivity contribution in [2.45, 2.75) is 6.04 Å². The van der Waals surface area contributed by atoms with E-state index in [0.29, 0.717) is 16.0 Å². The average Bonchev–Trinajstić information content (AvgIpc) is 3.48. The molecule has 0 radical (unpaired) electrons. The number of carbonyl (C=O) groups excluding carboxylic acids is 3. The van der Waals surface area contributed by atoms with Crippen LogP contribution in [0.3, 0.4) is 0 Å². The second kappa shape index (κ2) is 7.87. The average molecular weight is 425 g/mol. The third kappa shape index (κ3) is 3.24. The first-order valence-corrected chi connectivity index (χ1v) is 9.57. The van der Waals surface area contributed by atoms with Crippen molar-refractivity contribution in [3.8, 4) is 0 Å². The lowest BCUT2D eigenvalue weighted by atomic mass is 9.91. The standard InChI is InChI=1S/C19H15N5O5S/c1-28-17(26)11-7-5-10(6-8-11)15-13(16(25)12-4-3-9-30-12)14(18(27)29-2)20-19-21-22-23-24(15)19/h3-9,15H,1-2H3,(H,20,21,23)/t15-/m1/s1. The Morgan fingerprint density at radius 3 is 2.43 bits per heavy atom. The molecule has 30 heavy (non-hydrogen) atoms. The molecule has 1 atom stereocenters. The number of anilines is 1. The molecule has 1 N–H and O–H groups in total. The molecule has 1 aliphatic rings. The highest BCUT2D eigenvalue weighted by molar-refractivity contribution is 7.12. The van der Waals surface area contributed by atoms with Crippen molar-refractivity contribution in [3.05, 3.63) is 69.1 Å². The minimum absolute atomic E-state index is 0.0414. The van der Waals surface area contributed by atoms with Crippen LogP contribution in [0.1, 0.15) is 31.6 Å². The minimum Gasteiger partial charge on any atom is -0.465 e. The highest BCUT2D eigenvalue weighted by atomic mass is 32.1. The highest BCUT2D eigenvalue weighted by Gasteiger charge is 2.38. The molecule has 0 saturated heterocycles. The van der Waals surface area contributed by atoms with Crippen LogP contribution < -0.4 is 5.32 Å². The van der Waals surface area contributed by atoms with E-state index in [1.807, 2.05) is 0 Å². The number of methoxy groups -OCH3 is 2. The van der Waals surface area contributed by atoms with Gasteiger partial charge in [0.05, 0.1) is 30.2 Å². The molecule has 11 heteroatoms. The van der Waals surface area contributed by atoms with E-state index in [1.165, 1.54) is 30.2 Å². The van der Waals surface area contributed by atoms with Crippen LogP contribution >= 0.6 is 11.3 Å². The van der Waals surface area contributed by atoms with Crippen LogP contribution in [0.25, 0.3) is 0 Å². The Bertz CT molecular complexity index is 1150. The number of allylic oxidation sites excluding steroid dienone is 1. The number of tetrazole rings is 1. The maximum absolute atomic E-state index is 13.4. The molecule has 0 saturated carbocycles. The maximum atomic E-state index is 13.4. The molecular formula is C19H15N5O5S. The third-order valence-corrected chi connectivity index (χ3v) is 5.41. The molecule has 0 amide bonds. The number of hydrogen-bond donors (Lipinski definition) is 1. The largest absolute Gasteiger partial charge is 0.465 e. The summed E-state index contributed by atoms with van der Waals surface area (Å²) in [6.07, 6.45) is 0. The number of ketones is 1. The van der Waals surface area contributed by atoms with E-state index in [2.05, 4.69) is 20.8 Å². The lowest BCUT2D eigenvalue weighted by Crippen LogP contribution is -2.32. The molecule has 2 aromatic heterocycles. The van der Waals surface area contributed by atoms with Gasteiger partial charge in [-0.25, -0.2) is 9.59 Å². The van der Waals surface area contributed by atoms with Gasteiger partial charge in [-0.1, -0.05) is 23.3 Å². The molecule has 0 aliphatic carbocycles. The molecular weight excluding hydrogens is 410 g/mol. The van der Waals surface area contributed by atoms with E-state index in [1.54, 1.807) is 41.8 Å². The predicted octanol–water partition coefficient (Wildman–Crippen LogP) is 1.85. The molecule has 10 nitrogen and oxygen atoms in total. The fourth-order valence-corrected chi connectivity index (χ4v) is 3.83. The van der Waals surface area contributed by atoms with Crippen molar-refractivity contribution in [1.29, 1.82) is 0 Å². The molecule has 0 spiro atoms. The quantitative estimate of drug-likeness (QED) is 0.481. The van der Waals surface area contributed by atoms with Crippen molar-refractivity contribution in [3.63, 3.8) is 0 Å². The second-order valence-electron chi connectivity index (χ2n) is 6.17. The first-order valence-electron chi connectivity index (χ1n) is 8.69. The van der Waals surface area contributed by atoms with Gasteiger partial charge < -0.3 is 14.8 Å². The van der Waals surface area contributed by atoms with E-state index in [4.69, 9.17) is 9.47 Å². The number of nitrogens with one attached hydrogen (secondary N) is 1. The van der Waals surface area contributed by atoms with E-state index in [0.717, 1.165) is 0 Å². The molecule has 4 rings (SSSR count). The number of thiophene rings is 1. The monoisotopic (exact) mass is 425 g/mol. The zero-order valence-electron chi connectivity index (χ0n) is 15.9. The topological polar surface area (TPSA) is 125 Å². The van der Waals surface area contributed by atoms with Gasteiger partial charge in [0.25, 0.3) is 0 Å². The molecule has 152 valence electrons. The summed E-state index contributed by atoms with van der Waals surface area (Å²) in [5.41, 5.74) is 1.03. The Morgan fingerprint density at radius 2 is 1.80 bits per heavy atom. The van der Waals surface area contributed by atoms with Gasteiger partial charge in [0.2, 0.25) is 11.7 Å². The SMILES string of the molecule is COC(=O)C1=C(C(=O)c2cccs2)[C@@H](c2ccc(C(=O)OC)cc2)n2nnnc2N1. The van der Waals surface area contributed by atoms with Crippen LogP contribution in [-0.2, 0) is 14.3 Å². The van der Waals surface area contributed by atoms with Gasteiger partial charge in [0.15, 0.2) is 0 Å².